The average Bonchev–Trinajstić information content (AvgIpc) is 3.29. The maximum atomic E-state index is 11.8. The van der Waals surface area contributed by atoms with E-state index < -0.39 is 5.97 Å². The zero-order valence-electron chi connectivity index (χ0n) is 14.9. The Labute approximate surface area is 155 Å². The molecule has 0 aliphatic rings. The first-order valence-electron chi connectivity index (χ1n) is 8.10. The van der Waals surface area contributed by atoms with E-state index >= 15 is 0 Å². The Morgan fingerprint density at radius 1 is 1.33 bits per heavy atom. The van der Waals surface area contributed by atoms with Crippen molar-refractivity contribution in [1.82, 2.24) is 14.7 Å². The molecule has 0 bridgehead atoms. The first kappa shape index (κ1) is 19.7. The molecule has 2 N–H and O–H groups in total. The SMILES string of the molecule is CCn1ccnc1CN(C)c1noc(-c2ccccc2)c1C(=O)O.O=CO. The second kappa shape index (κ2) is 9.18. The van der Waals surface area contributed by atoms with Crippen molar-refractivity contribution in [3.8, 4) is 11.3 Å². The van der Waals surface area contributed by atoms with Crippen LogP contribution in [0.5, 0.6) is 0 Å². The molecule has 0 aliphatic heterocycles. The zero-order valence-corrected chi connectivity index (χ0v) is 14.9. The molecular formula is C18H20N4O5. The van der Waals surface area contributed by atoms with Crippen molar-refractivity contribution in [2.45, 2.75) is 20.0 Å². The largest absolute Gasteiger partial charge is 0.483 e. The number of hydrogen-bond donors (Lipinski definition) is 2. The van der Waals surface area contributed by atoms with Gasteiger partial charge < -0.3 is 24.2 Å². The number of imidazole rings is 1. The molecule has 1 aromatic carbocycles. The van der Waals surface area contributed by atoms with Crippen LogP contribution < -0.4 is 4.90 Å². The third-order valence-electron chi connectivity index (χ3n) is 3.81. The van der Waals surface area contributed by atoms with E-state index in [-0.39, 0.29) is 23.6 Å². The Hall–Kier alpha value is -3.62. The molecule has 0 radical (unpaired) electrons. The molecule has 0 fully saturated rings. The number of nitrogens with zero attached hydrogens (tertiary/aromatic N) is 4. The first-order chi connectivity index (χ1) is 13.0. The van der Waals surface area contributed by atoms with Gasteiger partial charge in [-0.05, 0) is 6.92 Å². The Bertz CT molecular complexity index is 888. The van der Waals surface area contributed by atoms with E-state index in [0.29, 0.717) is 12.1 Å². The number of hydrogen-bond acceptors (Lipinski definition) is 6. The number of rotatable bonds is 6. The van der Waals surface area contributed by atoms with Crippen molar-refractivity contribution in [2.75, 3.05) is 11.9 Å². The molecule has 27 heavy (non-hydrogen) atoms. The number of benzene rings is 1. The van der Waals surface area contributed by atoms with E-state index in [9.17, 15) is 9.90 Å². The van der Waals surface area contributed by atoms with Gasteiger partial charge >= 0.3 is 5.97 Å². The quantitative estimate of drug-likeness (QED) is 0.633. The first-order valence-corrected chi connectivity index (χ1v) is 8.10. The minimum absolute atomic E-state index is 0.0540. The number of anilines is 1. The highest BCUT2D eigenvalue weighted by Crippen LogP contribution is 2.31. The highest BCUT2D eigenvalue weighted by atomic mass is 16.5. The van der Waals surface area contributed by atoms with Crippen LogP contribution in [0.15, 0.2) is 47.2 Å². The average molecular weight is 372 g/mol. The summed E-state index contributed by atoms with van der Waals surface area (Å²) in [5, 5.41) is 20.5. The predicted molar refractivity (Wildman–Crippen MR) is 97.6 cm³/mol. The summed E-state index contributed by atoms with van der Waals surface area (Å²) in [6, 6.07) is 9.09. The Morgan fingerprint density at radius 2 is 2.00 bits per heavy atom. The summed E-state index contributed by atoms with van der Waals surface area (Å²) in [6.07, 6.45) is 3.61. The van der Waals surface area contributed by atoms with Crippen LogP contribution in [0, 0.1) is 0 Å². The second-order valence-electron chi connectivity index (χ2n) is 5.47. The molecule has 0 spiro atoms. The Kier molecular flexibility index (Phi) is 6.70. The fraction of sp³-hybridized carbons (Fsp3) is 0.222. The van der Waals surface area contributed by atoms with Gasteiger partial charge in [-0.15, -0.1) is 0 Å². The lowest BCUT2D eigenvalue weighted by Crippen LogP contribution is -2.22. The molecule has 2 aromatic heterocycles. The smallest absolute Gasteiger partial charge is 0.343 e. The van der Waals surface area contributed by atoms with Crippen LogP contribution in [-0.2, 0) is 17.9 Å². The normalized spacial score (nSPS) is 10.0. The van der Waals surface area contributed by atoms with Gasteiger partial charge in [-0.2, -0.15) is 0 Å². The Balaban J connectivity index is 0.000000817. The minimum atomic E-state index is -1.07. The van der Waals surface area contributed by atoms with Crippen LogP contribution in [-0.4, -0.2) is 44.4 Å². The van der Waals surface area contributed by atoms with Crippen molar-refractivity contribution in [1.29, 1.82) is 0 Å². The summed E-state index contributed by atoms with van der Waals surface area (Å²) in [4.78, 5) is 26.2. The molecule has 0 atom stereocenters. The van der Waals surface area contributed by atoms with Gasteiger partial charge in [-0.1, -0.05) is 35.5 Å². The molecule has 0 unspecified atom stereocenters. The topological polar surface area (TPSA) is 122 Å². The molecule has 0 aliphatic carbocycles. The lowest BCUT2D eigenvalue weighted by molar-refractivity contribution is -0.122. The molecule has 142 valence electrons. The number of aromatic nitrogens is 3. The number of aryl methyl sites for hydroxylation is 1. The third kappa shape index (κ3) is 4.51. The van der Waals surface area contributed by atoms with Crippen molar-refractivity contribution in [3.05, 3.63) is 54.1 Å². The summed E-state index contributed by atoms with van der Waals surface area (Å²) < 4.78 is 7.34. The monoisotopic (exact) mass is 372 g/mol. The van der Waals surface area contributed by atoms with Crippen LogP contribution in [0.3, 0.4) is 0 Å². The van der Waals surface area contributed by atoms with Crippen LogP contribution in [0.4, 0.5) is 5.82 Å². The van der Waals surface area contributed by atoms with Gasteiger partial charge in [0, 0.05) is 31.5 Å². The molecular weight excluding hydrogens is 352 g/mol. The highest BCUT2D eigenvalue weighted by molar-refractivity contribution is 5.99. The van der Waals surface area contributed by atoms with E-state index in [2.05, 4.69) is 10.1 Å². The standard InChI is InChI=1S/C17H18N4O3.CH2O2/c1-3-21-10-9-18-13(21)11-20(2)16-14(17(22)23)15(24-19-16)12-7-5-4-6-8-12;2-1-3/h4-10H,3,11H2,1-2H3,(H,22,23);1H,(H,2,3). The molecule has 2 heterocycles. The van der Waals surface area contributed by atoms with E-state index in [4.69, 9.17) is 14.4 Å². The van der Waals surface area contributed by atoms with E-state index in [1.807, 2.05) is 35.9 Å². The number of carbonyl (C=O) groups is 2. The van der Waals surface area contributed by atoms with E-state index in [1.54, 1.807) is 30.3 Å². The van der Waals surface area contributed by atoms with Crippen LogP contribution in [0.1, 0.15) is 23.1 Å². The van der Waals surface area contributed by atoms with Gasteiger partial charge in [0.05, 0.1) is 6.54 Å². The van der Waals surface area contributed by atoms with Gasteiger partial charge in [0.15, 0.2) is 17.1 Å². The fourth-order valence-electron chi connectivity index (χ4n) is 2.59. The van der Waals surface area contributed by atoms with Gasteiger partial charge in [0.1, 0.15) is 5.82 Å². The number of aromatic carboxylic acids is 1. The maximum Gasteiger partial charge on any atom is 0.343 e. The molecule has 0 saturated carbocycles. The van der Waals surface area contributed by atoms with Crippen LogP contribution >= 0.6 is 0 Å². The lowest BCUT2D eigenvalue weighted by atomic mass is 10.1. The van der Waals surface area contributed by atoms with E-state index in [1.165, 1.54) is 0 Å². The number of carboxylic acids is 1. The minimum Gasteiger partial charge on any atom is -0.483 e. The van der Waals surface area contributed by atoms with Gasteiger partial charge in [-0.3, -0.25) is 4.79 Å². The van der Waals surface area contributed by atoms with Crippen molar-refractivity contribution in [3.63, 3.8) is 0 Å². The summed E-state index contributed by atoms with van der Waals surface area (Å²) in [7, 11) is 1.77. The molecule has 0 amide bonds. The highest BCUT2D eigenvalue weighted by Gasteiger charge is 2.26. The Morgan fingerprint density at radius 3 is 2.59 bits per heavy atom. The molecule has 3 rings (SSSR count). The van der Waals surface area contributed by atoms with Crippen molar-refractivity contribution in [2.24, 2.45) is 0 Å². The van der Waals surface area contributed by atoms with Crippen molar-refractivity contribution >= 4 is 18.3 Å². The molecule has 9 heteroatoms. The fourth-order valence-corrected chi connectivity index (χ4v) is 2.59. The summed E-state index contributed by atoms with van der Waals surface area (Å²) in [5.41, 5.74) is 0.732. The van der Waals surface area contributed by atoms with Crippen molar-refractivity contribution < 1.29 is 24.3 Å². The van der Waals surface area contributed by atoms with Crippen LogP contribution in [0.25, 0.3) is 11.3 Å². The summed E-state index contributed by atoms with van der Waals surface area (Å²) >= 11 is 0. The van der Waals surface area contributed by atoms with Gasteiger partial charge in [-0.25, -0.2) is 9.78 Å². The zero-order chi connectivity index (χ0) is 19.8. The molecule has 3 aromatic rings. The van der Waals surface area contributed by atoms with Crippen LogP contribution in [0.2, 0.25) is 0 Å². The second-order valence-corrected chi connectivity index (χ2v) is 5.47. The summed E-state index contributed by atoms with van der Waals surface area (Å²) in [6.45, 7) is 3.00. The molecule has 0 saturated heterocycles. The predicted octanol–water partition coefficient (Wildman–Crippen LogP) is 2.59. The lowest BCUT2D eigenvalue weighted by Gasteiger charge is -2.16. The maximum absolute atomic E-state index is 11.8. The third-order valence-corrected chi connectivity index (χ3v) is 3.81. The van der Waals surface area contributed by atoms with Gasteiger partial charge in [0.2, 0.25) is 0 Å². The summed E-state index contributed by atoms with van der Waals surface area (Å²) in [5.74, 6) is 0.298. The van der Waals surface area contributed by atoms with Gasteiger partial charge in [0.25, 0.3) is 6.47 Å². The number of carboxylic acid groups (broad SMARTS) is 2. The molecule has 9 nitrogen and oxygen atoms in total. The van der Waals surface area contributed by atoms with E-state index in [0.717, 1.165) is 12.4 Å².